The zero-order valence-corrected chi connectivity index (χ0v) is 9.99. The molecule has 86 valence electrons. The summed E-state index contributed by atoms with van der Waals surface area (Å²) < 4.78 is 0. The Morgan fingerprint density at radius 3 is 2.88 bits per heavy atom. The first-order valence-corrected chi connectivity index (χ1v) is 6.25. The topological polar surface area (TPSA) is 30.0 Å². The molecule has 1 aliphatic carbocycles. The van der Waals surface area contributed by atoms with Gasteiger partial charge in [0.2, 0.25) is 0 Å². The van der Waals surface area contributed by atoms with E-state index in [0.717, 1.165) is 41.4 Å². The van der Waals surface area contributed by atoms with E-state index in [1.54, 1.807) is 0 Å². The van der Waals surface area contributed by atoms with E-state index in [4.69, 9.17) is 0 Å². The first-order chi connectivity index (χ1) is 8.31. The maximum Gasteiger partial charge on any atom is 0.165 e. The molecule has 2 heteroatoms. The third kappa shape index (κ3) is 1.55. The van der Waals surface area contributed by atoms with E-state index in [1.165, 1.54) is 5.56 Å². The number of carbonyl (C=O) groups is 1. The number of rotatable bonds is 1. The normalized spacial score (nSPS) is 15.0. The summed E-state index contributed by atoms with van der Waals surface area (Å²) in [4.78, 5) is 16.7. The summed E-state index contributed by atoms with van der Waals surface area (Å²) >= 11 is 0. The summed E-state index contributed by atoms with van der Waals surface area (Å²) in [7, 11) is 0. The van der Waals surface area contributed by atoms with Crippen LogP contribution in [0, 0.1) is 0 Å². The Kier molecular flexibility index (Phi) is 2.43. The monoisotopic (exact) mass is 225 g/mol. The molecule has 0 unspecified atom stereocenters. The van der Waals surface area contributed by atoms with Gasteiger partial charge in [0.15, 0.2) is 5.78 Å². The molecule has 1 aliphatic rings. The third-order valence-corrected chi connectivity index (χ3v) is 3.52. The maximum absolute atomic E-state index is 12.1. The number of hydrogen-bond acceptors (Lipinski definition) is 2. The average Bonchev–Trinajstić information content (AvgIpc) is 2.38. The van der Waals surface area contributed by atoms with Gasteiger partial charge in [-0.05, 0) is 30.9 Å². The van der Waals surface area contributed by atoms with Crippen molar-refractivity contribution in [1.82, 2.24) is 4.98 Å². The standard InChI is InChI=1S/C15H15NO/c1-2-12-15-11(7-5-9-14(15)17)10-6-3-4-8-13(10)16-12/h3-4,6,8H,2,5,7,9H2,1H3. The Bertz CT molecular complexity index is 601. The second-order valence-corrected chi connectivity index (χ2v) is 4.56. The summed E-state index contributed by atoms with van der Waals surface area (Å²) in [5.74, 6) is 0.279. The van der Waals surface area contributed by atoms with Crippen molar-refractivity contribution in [3.05, 3.63) is 41.1 Å². The van der Waals surface area contributed by atoms with Crippen molar-refractivity contribution >= 4 is 16.7 Å². The highest BCUT2D eigenvalue weighted by Crippen LogP contribution is 2.30. The summed E-state index contributed by atoms with van der Waals surface area (Å²) in [6.07, 6.45) is 3.50. The number of ketones is 1. The van der Waals surface area contributed by atoms with Gasteiger partial charge in [-0.25, -0.2) is 0 Å². The fraction of sp³-hybridized carbons (Fsp3) is 0.333. The summed E-state index contributed by atoms with van der Waals surface area (Å²) in [6.45, 7) is 2.07. The molecule has 1 aromatic carbocycles. The molecule has 0 fully saturated rings. The number of hydrogen-bond donors (Lipinski definition) is 0. The van der Waals surface area contributed by atoms with Crippen molar-refractivity contribution in [2.24, 2.45) is 0 Å². The Hall–Kier alpha value is -1.70. The van der Waals surface area contributed by atoms with Crippen LogP contribution in [0.2, 0.25) is 0 Å². The van der Waals surface area contributed by atoms with E-state index < -0.39 is 0 Å². The zero-order chi connectivity index (χ0) is 11.8. The van der Waals surface area contributed by atoms with Crippen molar-refractivity contribution in [3.63, 3.8) is 0 Å². The molecule has 0 spiro atoms. The Morgan fingerprint density at radius 2 is 2.06 bits per heavy atom. The molecule has 0 saturated heterocycles. The van der Waals surface area contributed by atoms with Crippen molar-refractivity contribution in [2.75, 3.05) is 0 Å². The first-order valence-electron chi connectivity index (χ1n) is 6.25. The second kappa shape index (κ2) is 3.95. The minimum absolute atomic E-state index is 0.279. The van der Waals surface area contributed by atoms with Gasteiger partial charge in [-0.3, -0.25) is 9.78 Å². The number of aryl methyl sites for hydroxylation is 2. The van der Waals surface area contributed by atoms with Crippen LogP contribution in [0.25, 0.3) is 10.9 Å². The van der Waals surface area contributed by atoms with Crippen LogP contribution < -0.4 is 0 Å². The molecule has 1 aromatic heterocycles. The predicted octanol–water partition coefficient (Wildman–Crippen LogP) is 3.32. The van der Waals surface area contributed by atoms with E-state index >= 15 is 0 Å². The van der Waals surface area contributed by atoms with Gasteiger partial charge in [0.1, 0.15) is 0 Å². The number of benzene rings is 1. The first kappa shape index (κ1) is 10.5. The molecule has 0 atom stereocenters. The number of pyridine rings is 1. The highest BCUT2D eigenvalue weighted by molar-refractivity contribution is 6.03. The fourth-order valence-corrected chi connectivity index (χ4v) is 2.73. The average molecular weight is 225 g/mol. The number of nitrogens with zero attached hydrogens (tertiary/aromatic N) is 1. The van der Waals surface area contributed by atoms with Crippen molar-refractivity contribution in [3.8, 4) is 0 Å². The largest absolute Gasteiger partial charge is 0.294 e. The predicted molar refractivity (Wildman–Crippen MR) is 68.4 cm³/mol. The van der Waals surface area contributed by atoms with Crippen molar-refractivity contribution < 1.29 is 4.79 Å². The van der Waals surface area contributed by atoms with Crippen molar-refractivity contribution in [2.45, 2.75) is 32.6 Å². The van der Waals surface area contributed by atoms with Crippen LogP contribution in [0.5, 0.6) is 0 Å². The van der Waals surface area contributed by atoms with E-state index in [2.05, 4.69) is 18.0 Å². The lowest BCUT2D eigenvalue weighted by atomic mass is 9.86. The summed E-state index contributed by atoms with van der Waals surface area (Å²) in [6, 6.07) is 8.15. The van der Waals surface area contributed by atoms with Gasteiger partial charge < -0.3 is 0 Å². The molecule has 0 radical (unpaired) electrons. The van der Waals surface area contributed by atoms with Crippen LogP contribution in [0.3, 0.4) is 0 Å². The highest BCUT2D eigenvalue weighted by Gasteiger charge is 2.23. The van der Waals surface area contributed by atoms with Gasteiger partial charge in [0, 0.05) is 17.4 Å². The van der Waals surface area contributed by atoms with Crippen LogP contribution in [0.1, 0.15) is 41.4 Å². The quantitative estimate of drug-likeness (QED) is 0.745. The molecular formula is C15H15NO. The maximum atomic E-state index is 12.1. The van der Waals surface area contributed by atoms with E-state index in [1.807, 2.05) is 18.2 Å². The second-order valence-electron chi connectivity index (χ2n) is 4.56. The minimum Gasteiger partial charge on any atom is -0.294 e. The van der Waals surface area contributed by atoms with Gasteiger partial charge in [0.25, 0.3) is 0 Å². The number of Topliss-reactive ketones (excluding diaryl/α,β-unsaturated/α-hetero) is 1. The molecule has 2 nitrogen and oxygen atoms in total. The molecule has 0 aliphatic heterocycles. The lowest BCUT2D eigenvalue weighted by Crippen LogP contribution is -2.15. The van der Waals surface area contributed by atoms with E-state index in [0.29, 0.717) is 6.42 Å². The third-order valence-electron chi connectivity index (χ3n) is 3.52. The van der Waals surface area contributed by atoms with Gasteiger partial charge in [-0.15, -0.1) is 0 Å². The number of carbonyl (C=O) groups excluding carboxylic acids is 1. The van der Waals surface area contributed by atoms with Crippen LogP contribution in [-0.2, 0) is 12.8 Å². The molecule has 2 aromatic rings. The Labute approximate surface area is 101 Å². The lowest BCUT2D eigenvalue weighted by Gasteiger charge is -2.19. The molecule has 1 heterocycles. The van der Waals surface area contributed by atoms with E-state index in [-0.39, 0.29) is 5.78 Å². The van der Waals surface area contributed by atoms with Crippen LogP contribution >= 0.6 is 0 Å². The zero-order valence-electron chi connectivity index (χ0n) is 9.99. The van der Waals surface area contributed by atoms with Gasteiger partial charge in [-0.1, -0.05) is 25.1 Å². The Balaban J connectivity index is 2.41. The SMILES string of the molecule is CCc1nc2ccccc2c2c1C(=O)CCC2. The number of para-hydroxylation sites is 1. The Morgan fingerprint density at radius 1 is 1.24 bits per heavy atom. The molecule has 0 saturated carbocycles. The van der Waals surface area contributed by atoms with E-state index in [9.17, 15) is 4.79 Å². The number of fused-ring (bicyclic) bond motifs is 3. The molecule has 0 N–H and O–H groups in total. The van der Waals surface area contributed by atoms with Gasteiger partial charge in [-0.2, -0.15) is 0 Å². The van der Waals surface area contributed by atoms with Gasteiger partial charge in [0.05, 0.1) is 11.2 Å². The molecule has 0 amide bonds. The van der Waals surface area contributed by atoms with Crippen molar-refractivity contribution in [1.29, 1.82) is 0 Å². The minimum atomic E-state index is 0.279. The summed E-state index contributed by atoms with van der Waals surface area (Å²) in [5.41, 5.74) is 4.14. The van der Waals surface area contributed by atoms with Gasteiger partial charge >= 0.3 is 0 Å². The smallest absolute Gasteiger partial charge is 0.165 e. The molecular weight excluding hydrogens is 210 g/mol. The highest BCUT2D eigenvalue weighted by atomic mass is 16.1. The van der Waals surface area contributed by atoms with Crippen LogP contribution in [0.15, 0.2) is 24.3 Å². The lowest BCUT2D eigenvalue weighted by molar-refractivity contribution is 0.0971. The molecule has 17 heavy (non-hydrogen) atoms. The van der Waals surface area contributed by atoms with Crippen LogP contribution in [0.4, 0.5) is 0 Å². The fourth-order valence-electron chi connectivity index (χ4n) is 2.73. The van der Waals surface area contributed by atoms with Crippen LogP contribution in [-0.4, -0.2) is 10.8 Å². The summed E-state index contributed by atoms with van der Waals surface area (Å²) in [5, 5.41) is 1.16. The number of aromatic nitrogens is 1. The molecule has 0 bridgehead atoms. The molecule has 3 rings (SSSR count).